The van der Waals surface area contributed by atoms with E-state index in [1.807, 2.05) is 0 Å². The number of anilines is 4. The van der Waals surface area contributed by atoms with Gasteiger partial charge in [-0.05, 0) is 56.4 Å². The SMILES string of the molecule is c1cc(N2CCCC2)ccc1Nc1cnnc(N2CCCCC2)n1. The molecule has 3 heterocycles. The van der Waals surface area contributed by atoms with Crippen LogP contribution in [0.25, 0.3) is 0 Å². The van der Waals surface area contributed by atoms with Crippen LogP contribution >= 0.6 is 0 Å². The Morgan fingerprint density at radius 2 is 1.46 bits per heavy atom. The lowest BCUT2D eigenvalue weighted by molar-refractivity contribution is 0.565. The summed E-state index contributed by atoms with van der Waals surface area (Å²) in [7, 11) is 0. The van der Waals surface area contributed by atoms with Crippen LogP contribution in [-0.4, -0.2) is 41.4 Å². The normalized spacial score (nSPS) is 18.0. The van der Waals surface area contributed by atoms with Gasteiger partial charge in [0.15, 0.2) is 5.82 Å². The van der Waals surface area contributed by atoms with Crippen molar-refractivity contribution in [2.75, 3.05) is 41.3 Å². The van der Waals surface area contributed by atoms with Crippen molar-refractivity contribution in [2.45, 2.75) is 32.1 Å². The van der Waals surface area contributed by atoms with Gasteiger partial charge in [-0.3, -0.25) is 0 Å². The molecular formula is C18H24N6. The van der Waals surface area contributed by atoms with Gasteiger partial charge in [0, 0.05) is 37.6 Å². The molecule has 1 aromatic carbocycles. The van der Waals surface area contributed by atoms with Crippen LogP contribution in [0.2, 0.25) is 0 Å². The Kier molecular flexibility index (Phi) is 4.44. The Balaban J connectivity index is 1.44. The van der Waals surface area contributed by atoms with Gasteiger partial charge >= 0.3 is 0 Å². The van der Waals surface area contributed by atoms with Crippen LogP contribution in [0, 0.1) is 0 Å². The van der Waals surface area contributed by atoms with E-state index < -0.39 is 0 Å². The minimum Gasteiger partial charge on any atom is -0.372 e. The Labute approximate surface area is 142 Å². The van der Waals surface area contributed by atoms with Gasteiger partial charge in [0.25, 0.3) is 0 Å². The molecule has 0 aliphatic carbocycles. The molecule has 0 amide bonds. The molecule has 126 valence electrons. The van der Waals surface area contributed by atoms with Gasteiger partial charge in [0.1, 0.15) is 0 Å². The lowest BCUT2D eigenvalue weighted by Gasteiger charge is -2.26. The lowest BCUT2D eigenvalue weighted by atomic mass is 10.1. The zero-order valence-electron chi connectivity index (χ0n) is 14.0. The summed E-state index contributed by atoms with van der Waals surface area (Å²) in [6.07, 6.45) is 7.99. The van der Waals surface area contributed by atoms with Crippen molar-refractivity contribution in [3.8, 4) is 0 Å². The molecule has 2 aliphatic heterocycles. The molecule has 0 spiro atoms. The van der Waals surface area contributed by atoms with Crippen molar-refractivity contribution in [3.63, 3.8) is 0 Å². The highest BCUT2D eigenvalue weighted by Gasteiger charge is 2.15. The second-order valence-corrected chi connectivity index (χ2v) is 6.56. The maximum atomic E-state index is 4.62. The molecular weight excluding hydrogens is 300 g/mol. The summed E-state index contributed by atoms with van der Waals surface area (Å²) in [6.45, 7) is 4.38. The van der Waals surface area contributed by atoms with E-state index >= 15 is 0 Å². The van der Waals surface area contributed by atoms with E-state index in [2.05, 4.69) is 54.6 Å². The van der Waals surface area contributed by atoms with Crippen LogP contribution in [0.4, 0.5) is 23.1 Å². The zero-order chi connectivity index (χ0) is 16.2. The first-order chi connectivity index (χ1) is 11.9. The smallest absolute Gasteiger partial charge is 0.247 e. The van der Waals surface area contributed by atoms with Gasteiger partial charge in [-0.25, -0.2) is 0 Å². The molecule has 2 fully saturated rings. The van der Waals surface area contributed by atoms with E-state index in [9.17, 15) is 0 Å². The molecule has 4 rings (SSSR count). The minimum absolute atomic E-state index is 0.730. The summed E-state index contributed by atoms with van der Waals surface area (Å²) in [5.41, 5.74) is 2.33. The number of hydrogen-bond acceptors (Lipinski definition) is 6. The van der Waals surface area contributed by atoms with Crippen LogP contribution < -0.4 is 15.1 Å². The average molecular weight is 324 g/mol. The highest BCUT2D eigenvalue weighted by atomic mass is 15.3. The van der Waals surface area contributed by atoms with Crippen LogP contribution in [-0.2, 0) is 0 Å². The predicted octanol–water partition coefficient (Wildman–Crippen LogP) is 3.21. The third-order valence-corrected chi connectivity index (χ3v) is 4.80. The van der Waals surface area contributed by atoms with Gasteiger partial charge in [0.05, 0.1) is 6.20 Å². The monoisotopic (exact) mass is 324 g/mol. The van der Waals surface area contributed by atoms with Crippen LogP contribution in [0.15, 0.2) is 30.5 Å². The van der Waals surface area contributed by atoms with E-state index in [1.165, 1.54) is 50.9 Å². The number of nitrogens with zero attached hydrogens (tertiary/aromatic N) is 5. The Morgan fingerprint density at radius 1 is 0.792 bits per heavy atom. The molecule has 0 radical (unpaired) electrons. The Hall–Kier alpha value is -2.37. The van der Waals surface area contributed by atoms with Crippen LogP contribution in [0.3, 0.4) is 0 Å². The van der Waals surface area contributed by atoms with Gasteiger partial charge < -0.3 is 15.1 Å². The fourth-order valence-electron chi connectivity index (χ4n) is 3.46. The van der Waals surface area contributed by atoms with Crippen molar-refractivity contribution in [3.05, 3.63) is 30.5 Å². The Bertz CT molecular complexity index is 659. The zero-order valence-corrected chi connectivity index (χ0v) is 14.0. The van der Waals surface area contributed by atoms with E-state index in [4.69, 9.17) is 0 Å². The van der Waals surface area contributed by atoms with Crippen LogP contribution in [0.5, 0.6) is 0 Å². The van der Waals surface area contributed by atoms with Crippen molar-refractivity contribution in [1.29, 1.82) is 0 Å². The predicted molar refractivity (Wildman–Crippen MR) is 97.1 cm³/mol. The molecule has 0 bridgehead atoms. The second-order valence-electron chi connectivity index (χ2n) is 6.56. The maximum absolute atomic E-state index is 4.62. The first-order valence-electron chi connectivity index (χ1n) is 8.95. The van der Waals surface area contributed by atoms with Crippen molar-refractivity contribution in [2.24, 2.45) is 0 Å². The van der Waals surface area contributed by atoms with E-state index in [1.54, 1.807) is 6.20 Å². The summed E-state index contributed by atoms with van der Waals surface area (Å²) >= 11 is 0. The molecule has 2 aliphatic rings. The molecule has 2 saturated heterocycles. The van der Waals surface area contributed by atoms with Crippen molar-refractivity contribution < 1.29 is 0 Å². The second kappa shape index (κ2) is 7.03. The molecule has 6 heteroatoms. The standard InChI is InChI=1S/C18H24N6/c1-2-12-24(13-3-1)18-21-17(14-19-22-18)20-15-6-8-16(9-7-15)23-10-4-5-11-23/h6-9,14H,1-5,10-13H2,(H,20,21,22). The fourth-order valence-corrected chi connectivity index (χ4v) is 3.46. The van der Waals surface area contributed by atoms with Gasteiger partial charge in [0.2, 0.25) is 5.95 Å². The first-order valence-corrected chi connectivity index (χ1v) is 8.95. The molecule has 0 unspecified atom stereocenters. The molecule has 1 N–H and O–H groups in total. The molecule has 0 atom stereocenters. The van der Waals surface area contributed by atoms with Gasteiger partial charge in [-0.15, -0.1) is 5.10 Å². The highest BCUT2D eigenvalue weighted by molar-refractivity contribution is 5.61. The summed E-state index contributed by atoms with van der Waals surface area (Å²) in [6, 6.07) is 8.56. The summed E-state index contributed by atoms with van der Waals surface area (Å²) in [4.78, 5) is 9.28. The Morgan fingerprint density at radius 3 is 2.21 bits per heavy atom. The quantitative estimate of drug-likeness (QED) is 0.932. The molecule has 0 saturated carbocycles. The highest BCUT2D eigenvalue weighted by Crippen LogP contribution is 2.24. The fraction of sp³-hybridized carbons (Fsp3) is 0.500. The number of nitrogens with one attached hydrogen (secondary N) is 1. The van der Waals surface area contributed by atoms with E-state index in [0.717, 1.165) is 30.5 Å². The van der Waals surface area contributed by atoms with E-state index in [-0.39, 0.29) is 0 Å². The van der Waals surface area contributed by atoms with Crippen molar-refractivity contribution in [1.82, 2.24) is 15.2 Å². The summed E-state index contributed by atoms with van der Waals surface area (Å²) in [5.74, 6) is 1.48. The topological polar surface area (TPSA) is 57.2 Å². The first kappa shape index (κ1) is 15.2. The number of rotatable bonds is 4. The third-order valence-electron chi connectivity index (χ3n) is 4.80. The van der Waals surface area contributed by atoms with E-state index in [0.29, 0.717) is 0 Å². The molecule has 6 nitrogen and oxygen atoms in total. The third kappa shape index (κ3) is 3.42. The maximum Gasteiger partial charge on any atom is 0.247 e. The number of benzene rings is 1. The molecule has 24 heavy (non-hydrogen) atoms. The van der Waals surface area contributed by atoms with Gasteiger partial charge in [-0.1, -0.05) is 0 Å². The summed E-state index contributed by atoms with van der Waals surface area (Å²) < 4.78 is 0. The number of piperidine rings is 1. The largest absolute Gasteiger partial charge is 0.372 e. The molecule has 1 aromatic heterocycles. The number of hydrogen-bond donors (Lipinski definition) is 1. The summed E-state index contributed by atoms with van der Waals surface area (Å²) in [5, 5.41) is 11.6. The number of aromatic nitrogens is 3. The minimum atomic E-state index is 0.730. The average Bonchev–Trinajstić information content (AvgIpc) is 3.18. The molecule has 2 aromatic rings. The van der Waals surface area contributed by atoms with Crippen LogP contribution in [0.1, 0.15) is 32.1 Å². The van der Waals surface area contributed by atoms with Gasteiger partial charge in [-0.2, -0.15) is 10.1 Å². The lowest BCUT2D eigenvalue weighted by Crippen LogP contribution is -2.31. The van der Waals surface area contributed by atoms with Crippen molar-refractivity contribution >= 4 is 23.1 Å².